The molecule has 7 nitrogen and oxygen atoms in total. The lowest BCUT2D eigenvalue weighted by Crippen LogP contribution is -2.39. The number of aryl methyl sites for hydroxylation is 2. The molecule has 27 heavy (non-hydrogen) atoms. The predicted molar refractivity (Wildman–Crippen MR) is 105 cm³/mol. The highest BCUT2D eigenvalue weighted by atomic mass is 16.5. The third-order valence-corrected chi connectivity index (χ3v) is 5.09. The highest BCUT2D eigenvalue weighted by molar-refractivity contribution is 5.58. The topological polar surface area (TPSA) is 78.2 Å². The van der Waals surface area contributed by atoms with Crippen LogP contribution in [-0.4, -0.2) is 48.7 Å². The second kappa shape index (κ2) is 8.21. The summed E-state index contributed by atoms with van der Waals surface area (Å²) in [5.41, 5.74) is 2.65. The van der Waals surface area contributed by atoms with E-state index in [9.17, 15) is 5.26 Å². The van der Waals surface area contributed by atoms with Crippen LogP contribution in [0.3, 0.4) is 0 Å². The molecule has 7 heteroatoms. The van der Waals surface area contributed by atoms with E-state index in [4.69, 9.17) is 4.74 Å². The Labute approximate surface area is 160 Å². The maximum Gasteiger partial charge on any atom is 0.257 e. The Bertz CT molecular complexity index is 839. The average molecular weight is 366 g/mol. The molecule has 0 bridgehead atoms. The first-order chi connectivity index (χ1) is 13.0. The molecule has 0 N–H and O–H groups in total. The van der Waals surface area contributed by atoms with Crippen LogP contribution in [0.1, 0.15) is 29.7 Å². The maximum atomic E-state index is 9.52. The van der Waals surface area contributed by atoms with Crippen molar-refractivity contribution in [1.82, 2.24) is 15.0 Å². The van der Waals surface area contributed by atoms with Gasteiger partial charge in [0.2, 0.25) is 0 Å². The van der Waals surface area contributed by atoms with Gasteiger partial charge in [-0.15, -0.1) is 0 Å². The highest BCUT2D eigenvalue weighted by Gasteiger charge is 2.25. The van der Waals surface area contributed by atoms with E-state index in [0.717, 1.165) is 55.4 Å². The number of methoxy groups -OCH3 is 1. The Hall–Kier alpha value is -2.88. The van der Waals surface area contributed by atoms with Gasteiger partial charge in [-0.25, -0.2) is 15.0 Å². The van der Waals surface area contributed by atoms with Gasteiger partial charge in [0.15, 0.2) is 5.82 Å². The second-order valence-corrected chi connectivity index (χ2v) is 7.09. The van der Waals surface area contributed by atoms with Gasteiger partial charge in [-0.2, -0.15) is 5.26 Å². The molecular weight excluding hydrogens is 340 g/mol. The molecule has 0 atom stereocenters. The van der Waals surface area contributed by atoms with Crippen LogP contribution < -0.4 is 14.5 Å². The number of piperidine rings is 1. The number of hydrogen-bond acceptors (Lipinski definition) is 7. The lowest BCUT2D eigenvalue weighted by atomic mass is 9.95. The summed E-state index contributed by atoms with van der Waals surface area (Å²) in [6.45, 7) is 6.66. The smallest absolute Gasteiger partial charge is 0.257 e. The Kier molecular flexibility index (Phi) is 5.75. The fraction of sp³-hybridized carbons (Fsp3) is 0.500. The zero-order chi connectivity index (χ0) is 19.4. The van der Waals surface area contributed by atoms with Gasteiger partial charge in [-0.3, -0.25) is 0 Å². The van der Waals surface area contributed by atoms with Crippen molar-refractivity contribution in [3.05, 3.63) is 35.3 Å². The van der Waals surface area contributed by atoms with Crippen LogP contribution in [0.5, 0.6) is 5.88 Å². The van der Waals surface area contributed by atoms with Gasteiger partial charge in [0, 0.05) is 44.8 Å². The third kappa shape index (κ3) is 4.11. The summed E-state index contributed by atoms with van der Waals surface area (Å²) in [6.07, 6.45) is 5.42. The molecular formula is C20H26N6O. The summed E-state index contributed by atoms with van der Waals surface area (Å²) >= 11 is 0. The van der Waals surface area contributed by atoms with E-state index in [1.807, 2.05) is 27.0 Å². The molecule has 0 aromatic carbocycles. The molecule has 0 saturated carbocycles. The molecule has 2 aromatic heterocycles. The summed E-state index contributed by atoms with van der Waals surface area (Å²) in [4.78, 5) is 17.6. The summed E-state index contributed by atoms with van der Waals surface area (Å²) in [5, 5.41) is 9.52. The summed E-state index contributed by atoms with van der Waals surface area (Å²) in [7, 11) is 3.64. The fourth-order valence-corrected chi connectivity index (χ4v) is 3.71. The molecule has 3 heterocycles. The molecule has 142 valence electrons. The van der Waals surface area contributed by atoms with E-state index in [1.54, 1.807) is 19.5 Å². The number of hydrogen-bond donors (Lipinski definition) is 0. The summed E-state index contributed by atoms with van der Waals surface area (Å²) < 4.78 is 5.32. The van der Waals surface area contributed by atoms with Gasteiger partial charge in [0.1, 0.15) is 11.9 Å². The van der Waals surface area contributed by atoms with Crippen molar-refractivity contribution in [1.29, 1.82) is 5.26 Å². The van der Waals surface area contributed by atoms with Crippen LogP contribution in [0.15, 0.2) is 18.5 Å². The van der Waals surface area contributed by atoms with Crippen molar-refractivity contribution in [3.63, 3.8) is 0 Å². The van der Waals surface area contributed by atoms with Gasteiger partial charge in [0.05, 0.1) is 12.7 Å². The van der Waals surface area contributed by atoms with E-state index in [1.165, 1.54) is 0 Å². The van der Waals surface area contributed by atoms with E-state index in [-0.39, 0.29) is 0 Å². The predicted octanol–water partition coefficient (Wildman–Crippen LogP) is 2.72. The molecule has 0 radical (unpaired) electrons. The molecule has 0 aliphatic carbocycles. The van der Waals surface area contributed by atoms with Gasteiger partial charge in [0.25, 0.3) is 5.88 Å². The van der Waals surface area contributed by atoms with Crippen molar-refractivity contribution in [2.45, 2.75) is 26.7 Å². The molecule has 0 amide bonds. The second-order valence-electron chi connectivity index (χ2n) is 7.09. The van der Waals surface area contributed by atoms with E-state index in [0.29, 0.717) is 17.4 Å². The lowest BCUT2D eigenvalue weighted by Gasteiger charge is -2.35. The normalized spacial score (nSPS) is 14.7. The fourth-order valence-electron chi connectivity index (χ4n) is 3.71. The first kappa shape index (κ1) is 18.9. The van der Waals surface area contributed by atoms with Crippen molar-refractivity contribution in [2.75, 3.05) is 43.6 Å². The zero-order valence-electron chi connectivity index (χ0n) is 16.4. The number of nitrogens with zero attached hydrogens (tertiary/aromatic N) is 6. The number of rotatable bonds is 5. The number of nitriles is 1. The summed E-state index contributed by atoms with van der Waals surface area (Å²) in [5.74, 6) is 2.70. The molecule has 0 spiro atoms. The van der Waals surface area contributed by atoms with E-state index >= 15 is 0 Å². The minimum atomic E-state index is 0.550. The van der Waals surface area contributed by atoms with Crippen LogP contribution in [0.2, 0.25) is 0 Å². The van der Waals surface area contributed by atoms with Crippen molar-refractivity contribution in [3.8, 4) is 11.9 Å². The minimum absolute atomic E-state index is 0.550. The maximum absolute atomic E-state index is 9.52. The molecule has 1 saturated heterocycles. The van der Waals surface area contributed by atoms with Gasteiger partial charge in [-0.05, 0) is 44.2 Å². The summed E-state index contributed by atoms with van der Waals surface area (Å²) in [6, 6.07) is 4.29. The van der Waals surface area contributed by atoms with Crippen LogP contribution in [0.4, 0.5) is 11.6 Å². The monoisotopic (exact) mass is 366 g/mol. The molecule has 1 aliphatic rings. The first-order valence-electron chi connectivity index (χ1n) is 9.23. The number of anilines is 2. The molecule has 1 aliphatic heterocycles. The van der Waals surface area contributed by atoms with E-state index < -0.39 is 0 Å². The van der Waals surface area contributed by atoms with Crippen molar-refractivity contribution in [2.24, 2.45) is 5.92 Å². The lowest BCUT2D eigenvalue weighted by molar-refractivity contribution is 0.386. The van der Waals surface area contributed by atoms with Gasteiger partial charge < -0.3 is 14.5 Å². The Morgan fingerprint density at radius 1 is 1.26 bits per heavy atom. The Morgan fingerprint density at radius 2 is 1.96 bits per heavy atom. The van der Waals surface area contributed by atoms with Crippen molar-refractivity contribution < 1.29 is 4.74 Å². The van der Waals surface area contributed by atoms with E-state index in [2.05, 4.69) is 30.8 Å². The number of aromatic nitrogens is 3. The molecule has 1 fully saturated rings. The van der Waals surface area contributed by atoms with Crippen LogP contribution in [0.25, 0.3) is 0 Å². The standard InChI is InChI=1S/C20H26N6O/c1-14-11-15(2)24-18(17(14)12-21)26-9-5-16(6-10-26)13-25(3)19-20(27-4)23-8-7-22-19/h7-8,11,16H,5-6,9-10,13H2,1-4H3. The Balaban J connectivity index is 1.65. The van der Waals surface area contributed by atoms with Gasteiger partial charge in [-0.1, -0.05) is 0 Å². The first-order valence-corrected chi connectivity index (χ1v) is 9.23. The zero-order valence-corrected chi connectivity index (χ0v) is 16.4. The minimum Gasteiger partial charge on any atom is -0.478 e. The highest BCUT2D eigenvalue weighted by Crippen LogP contribution is 2.28. The Morgan fingerprint density at radius 3 is 2.63 bits per heavy atom. The quantitative estimate of drug-likeness (QED) is 0.805. The largest absolute Gasteiger partial charge is 0.478 e. The van der Waals surface area contributed by atoms with Crippen LogP contribution >= 0.6 is 0 Å². The molecule has 3 rings (SSSR count). The number of ether oxygens (including phenoxy) is 1. The molecule has 0 unspecified atom stereocenters. The number of pyridine rings is 1. The van der Waals surface area contributed by atoms with Gasteiger partial charge >= 0.3 is 0 Å². The van der Waals surface area contributed by atoms with Crippen LogP contribution in [-0.2, 0) is 0 Å². The SMILES string of the molecule is COc1nccnc1N(C)CC1CCN(c2nc(C)cc(C)c2C#N)CC1. The van der Waals surface area contributed by atoms with Crippen LogP contribution in [0, 0.1) is 31.1 Å². The average Bonchev–Trinajstić information content (AvgIpc) is 2.68. The van der Waals surface area contributed by atoms with Crippen molar-refractivity contribution >= 4 is 11.6 Å². The third-order valence-electron chi connectivity index (χ3n) is 5.09. The molecule has 2 aromatic rings.